The normalized spacial score (nSPS) is 10.3. The zero-order valence-electron chi connectivity index (χ0n) is 12.6. The molecule has 0 heterocycles. The summed E-state index contributed by atoms with van der Waals surface area (Å²) < 4.78 is 0. The van der Waals surface area contributed by atoms with Gasteiger partial charge in [-0.15, -0.1) is 0 Å². The summed E-state index contributed by atoms with van der Waals surface area (Å²) in [5.74, 6) is -0.473. The van der Waals surface area contributed by atoms with Crippen molar-refractivity contribution in [3.05, 3.63) is 69.3 Å². The van der Waals surface area contributed by atoms with Crippen molar-refractivity contribution < 1.29 is 9.72 Å². The van der Waals surface area contributed by atoms with Crippen LogP contribution in [0.3, 0.4) is 0 Å². The third-order valence-electron chi connectivity index (χ3n) is 3.42. The van der Waals surface area contributed by atoms with Gasteiger partial charge in [-0.05, 0) is 37.1 Å². The minimum absolute atomic E-state index is 0.0719. The second kappa shape index (κ2) is 6.85. The molecule has 0 spiro atoms. The first kappa shape index (κ1) is 15.7. The standard InChI is InChI=1S/C17H18N2O3/c1-3-5-13-8-10-14(11-9-13)18-17(20)15-7-4-6-12(2)16(15)19(21)22/h4,6-11H,3,5H2,1-2H3,(H,18,20). The van der Waals surface area contributed by atoms with Gasteiger partial charge in [-0.1, -0.05) is 37.6 Å². The number of amides is 1. The number of carbonyl (C=O) groups excluding carboxylic acids is 1. The Balaban J connectivity index is 2.22. The minimum atomic E-state index is -0.519. The van der Waals surface area contributed by atoms with Crippen molar-refractivity contribution in [1.29, 1.82) is 0 Å². The SMILES string of the molecule is CCCc1ccc(NC(=O)c2cccc(C)c2[N+](=O)[O-])cc1. The predicted molar refractivity (Wildman–Crippen MR) is 86.2 cm³/mol. The lowest BCUT2D eigenvalue weighted by atomic mass is 10.1. The largest absolute Gasteiger partial charge is 0.322 e. The number of anilines is 1. The van der Waals surface area contributed by atoms with E-state index in [1.54, 1.807) is 19.1 Å². The van der Waals surface area contributed by atoms with Crippen LogP contribution < -0.4 is 5.32 Å². The maximum atomic E-state index is 12.3. The summed E-state index contributed by atoms with van der Waals surface area (Å²) in [6.07, 6.45) is 2.04. The second-order valence-corrected chi connectivity index (χ2v) is 5.13. The smallest absolute Gasteiger partial charge is 0.285 e. The van der Waals surface area contributed by atoms with E-state index in [-0.39, 0.29) is 11.3 Å². The molecule has 2 rings (SSSR count). The molecule has 0 aliphatic rings. The van der Waals surface area contributed by atoms with Crippen LogP contribution in [0.25, 0.3) is 0 Å². The zero-order valence-corrected chi connectivity index (χ0v) is 12.6. The number of aryl methyl sites for hydroxylation is 2. The Morgan fingerprint density at radius 1 is 1.18 bits per heavy atom. The summed E-state index contributed by atoms with van der Waals surface area (Å²) in [5, 5.41) is 13.8. The molecule has 5 heteroatoms. The van der Waals surface area contributed by atoms with Crippen molar-refractivity contribution in [3.8, 4) is 0 Å². The lowest BCUT2D eigenvalue weighted by Crippen LogP contribution is -2.14. The van der Waals surface area contributed by atoms with E-state index in [1.165, 1.54) is 11.6 Å². The molecule has 22 heavy (non-hydrogen) atoms. The molecule has 0 saturated carbocycles. The molecule has 1 amide bonds. The van der Waals surface area contributed by atoms with Crippen LogP contribution in [0.2, 0.25) is 0 Å². The molecule has 0 aliphatic heterocycles. The summed E-state index contributed by atoms with van der Waals surface area (Å²) in [7, 11) is 0. The van der Waals surface area contributed by atoms with Gasteiger partial charge in [0, 0.05) is 11.3 Å². The van der Waals surface area contributed by atoms with Crippen LogP contribution >= 0.6 is 0 Å². The third kappa shape index (κ3) is 3.49. The van der Waals surface area contributed by atoms with Crippen LogP contribution in [0, 0.1) is 17.0 Å². The van der Waals surface area contributed by atoms with E-state index in [0.29, 0.717) is 11.3 Å². The van der Waals surface area contributed by atoms with E-state index >= 15 is 0 Å². The molecule has 114 valence electrons. The first-order valence-electron chi connectivity index (χ1n) is 7.17. The van der Waals surface area contributed by atoms with Crippen LogP contribution in [0.5, 0.6) is 0 Å². The number of rotatable bonds is 5. The van der Waals surface area contributed by atoms with Gasteiger partial charge in [-0.25, -0.2) is 0 Å². The monoisotopic (exact) mass is 298 g/mol. The van der Waals surface area contributed by atoms with Gasteiger partial charge in [0.25, 0.3) is 11.6 Å². The Bertz CT molecular complexity index is 694. The number of hydrogen-bond acceptors (Lipinski definition) is 3. The van der Waals surface area contributed by atoms with Crippen molar-refractivity contribution in [3.63, 3.8) is 0 Å². The van der Waals surface area contributed by atoms with Crippen molar-refractivity contribution >= 4 is 17.3 Å². The Kier molecular flexibility index (Phi) is 4.88. The summed E-state index contributed by atoms with van der Waals surface area (Å²) in [6.45, 7) is 3.72. The number of hydrogen-bond donors (Lipinski definition) is 1. The van der Waals surface area contributed by atoms with Crippen molar-refractivity contribution in [1.82, 2.24) is 0 Å². The first-order chi connectivity index (χ1) is 10.5. The molecule has 2 aromatic carbocycles. The first-order valence-corrected chi connectivity index (χ1v) is 7.17. The minimum Gasteiger partial charge on any atom is -0.322 e. The predicted octanol–water partition coefficient (Wildman–Crippen LogP) is 4.11. The van der Waals surface area contributed by atoms with E-state index in [1.807, 2.05) is 24.3 Å². The number of carbonyl (C=O) groups is 1. The highest BCUT2D eigenvalue weighted by Gasteiger charge is 2.22. The Hall–Kier alpha value is -2.69. The maximum Gasteiger partial charge on any atom is 0.285 e. The van der Waals surface area contributed by atoms with Gasteiger partial charge in [-0.3, -0.25) is 14.9 Å². The molecule has 0 radical (unpaired) electrons. The fourth-order valence-corrected chi connectivity index (χ4v) is 2.33. The zero-order chi connectivity index (χ0) is 16.1. The van der Waals surface area contributed by atoms with Gasteiger partial charge in [0.15, 0.2) is 0 Å². The Labute approximate surface area is 129 Å². The highest BCUT2D eigenvalue weighted by atomic mass is 16.6. The van der Waals surface area contributed by atoms with Crippen LogP contribution in [0.4, 0.5) is 11.4 Å². The van der Waals surface area contributed by atoms with Crippen molar-refractivity contribution in [2.75, 3.05) is 5.32 Å². The molecule has 0 saturated heterocycles. The molecular weight excluding hydrogens is 280 g/mol. The van der Waals surface area contributed by atoms with Crippen LogP contribution in [-0.4, -0.2) is 10.8 Å². The van der Waals surface area contributed by atoms with Gasteiger partial charge in [0.05, 0.1) is 4.92 Å². The molecule has 0 fully saturated rings. The summed E-state index contributed by atoms with van der Waals surface area (Å²) in [5.41, 5.74) is 2.21. The Morgan fingerprint density at radius 3 is 2.45 bits per heavy atom. The molecule has 2 aromatic rings. The number of nitro groups is 1. The van der Waals surface area contributed by atoms with Gasteiger partial charge in [-0.2, -0.15) is 0 Å². The lowest BCUT2D eigenvalue weighted by molar-refractivity contribution is -0.385. The molecule has 0 atom stereocenters. The fourth-order valence-electron chi connectivity index (χ4n) is 2.33. The van der Waals surface area contributed by atoms with Crippen LogP contribution in [0.15, 0.2) is 42.5 Å². The quantitative estimate of drug-likeness (QED) is 0.667. The third-order valence-corrected chi connectivity index (χ3v) is 3.42. The van der Waals surface area contributed by atoms with E-state index in [4.69, 9.17) is 0 Å². The molecule has 5 nitrogen and oxygen atoms in total. The van der Waals surface area contributed by atoms with Crippen LogP contribution in [-0.2, 0) is 6.42 Å². The van der Waals surface area contributed by atoms with E-state index in [2.05, 4.69) is 12.2 Å². The summed E-state index contributed by atoms with van der Waals surface area (Å²) in [4.78, 5) is 22.9. The molecule has 0 bridgehead atoms. The molecule has 0 aliphatic carbocycles. The van der Waals surface area contributed by atoms with Crippen LogP contribution in [0.1, 0.15) is 34.8 Å². The van der Waals surface area contributed by atoms with Gasteiger partial charge < -0.3 is 5.32 Å². The van der Waals surface area contributed by atoms with Crippen molar-refractivity contribution in [2.45, 2.75) is 26.7 Å². The second-order valence-electron chi connectivity index (χ2n) is 5.13. The average Bonchev–Trinajstić information content (AvgIpc) is 2.49. The highest BCUT2D eigenvalue weighted by molar-refractivity contribution is 6.07. The molecular formula is C17H18N2O3. The lowest BCUT2D eigenvalue weighted by Gasteiger charge is -2.08. The van der Waals surface area contributed by atoms with Gasteiger partial charge in [0.1, 0.15) is 5.56 Å². The van der Waals surface area contributed by atoms with Gasteiger partial charge in [0.2, 0.25) is 0 Å². The fraction of sp³-hybridized carbons (Fsp3) is 0.235. The molecule has 0 unspecified atom stereocenters. The van der Waals surface area contributed by atoms with E-state index in [0.717, 1.165) is 12.8 Å². The average molecular weight is 298 g/mol. The van der Waals surface area contributed by atoms with Gasteiger partial charge >= 0.3 is 0 Å². The van der Waals surface area contributed by atoms with E-state index < -0.39 is 10.8 Å². The topological polar surface area (TPSA) is 72.2 Å². The highest BCUT2D eigenvalue weighted by Crippen LogP contribution is 2.24. The van der Waals surface area contributed by atoms with E-state index in [9.17, 15) is 14.9 Å². The number of para-hydroxylation sites is 1. The number of benzene rings is 2. The Morgan fingerprint density at radius 2 is 1.86 bits per heavy atom. The number of nitrogens with one attached hydrogen (secondary N) is 1. The number of nitrogens with zero attached hydrogens (tertiary/aromatic N) is 1. The summed E-state index contributed by atoms with van der Waals surface area (Å²) in [6, 6.07) is 12.2. The van der Waals surface area contributed by atoms with Crippen molar-refractivity contribution in [2.24, 2.45) is 0 Å². The maximum absolute atomic E-state index is 12.3. The molecule has 0 aromatic heterocycles. The summed E-state index contributed by atoms with van der Waals surface area (Å²) >= 11 is 0. The molecule has 1 N–H and O–H groups in total. The number of nitro benzene ring substituents is 1.